The quantitative estimate of drug-likeness (QED) is 0.316. The summed E-state index contributed by atoms with van der Waals surface area (Å²) in [7, 11) is -0.262. The smallest absolute Gasteiger partial charge is 0.410 e. The van der Waals surface area contributed by atoms with Crippen LogP contribution in [0.1, 0.15) is 85.6 Å². The van der Waals surface area contributed by atoms with Gasteiger partial charge in [0.2, 0.25) is 5.91 Å². The lowest BCUT2D eigenvalue weighted by Crippen LogP contribution is -2.47. The van der Waals surface area contributed by atoms with Crippen molar-refractivity contribution in [1.29, 1.82) is 0 Å². The number of hydrogen-bond acceptors (Lipinski definition) is 6. The molecule has 1 atom stereocenters. The average Bonchev–Trinajstić information content (AvgIpc) is 3.37. The van der Waals surface area contributed by atoms with Crippen LogP contribution in [0.2, 0.25) is 18.1 Å². The summed E-state index contributed by atoms with van der Waals surface area (Å²) in [5, 5.41) is 3.03. The van der Waals surface area contributed by atoms with Gasteiger partial charge in [0, 0.05) is 31.3 Å². The number of benzene rings is 1. The summed E-state index contributed by atoms with van der Waals surface area (Å²) in [6.45, 7) is 18.0. The second kappa shape index (κ2) is 13.3. The van der Waals surface area contributed by atoms with E-state index in [0.717, 1.165) is 32.3 Å². The van der Waals surface area contributed by atoms with Crippen LogP contribution in [-0.4, -0.2) is 63.2 Å². The van der Waals surface area contributed by atoms with Crippen molar-refractivity contribution in [2.75, 3.05) is 20.3 Å². The Morgan fingerprint density at radius 2 is 1.68 bits per heavy atom. The predicted octanol–water partition coefficient (Wildman–Crippen LogP) is 6.81. The van der Waals surface area contributed by atoms with Crippen molar-refractivity contribution in [3.8, 4) is 11.5 Å². The minimum atomic E-state index is -1.77. The van der Waals surface area contributed by atoms with Crippen LogP contribution >= 0.6 is 0 Å². The fourth-order valence-electron chi connectivity index (χ4n) is 5.01. The van der Waals surface area contributed by atoms with Gasteiger partial charge in [-0.25, -0.2) is 9.18 Å². The highest BCUT2D eigenvalue weighted by molar-refractivity contribution is 6.74. The molecule has 1 aliphatic carbocycles. The minimum Gasteiger partial charge on any atom is -0.496 e. The first-order chi connectivity index (χ1) is 19.0. The van der Waals surface area contributed by atoms with Crippen LogP contribution in [0, 0.1) is 11.7 Å². The number of carbonyl (C=O) groups excluding carboxylic acids is 2. The van der Waals surface area contributed by atoms with E-state index in [1.54, 1.807) is 26.8 Å². The van der Waals surface area contributed by atoms with Gasteiger partial charge in [0.15, 0.2) is 19.9 Å². The third-order valence-corrected chi connectivity index (χ3v) is 13.0. The molecule has 0 aromatic heterocycles. The van der Waals surface area contributed by atoms with Gasteiger partial charge in [0.1, 0.15) is 17.4 Å². The molecule has 232 valence electrons. The van der Waals surface area contributed by atoms with Crippen LogP contribution in [0.15, 0.2) is 12.1 Å². The zero-order chi connectivity index (χ0) is 30.6. The summed E-state index contributed by atoms with van der Waals surface area (Å²) in [5.74, 6) is 0.305. The summed E-state index contributed by atoms with van der Waals surface area (Å²) in [6, 6.07) is 2.30. The topological polar surface area (TPSA) is 86.3 Å². The average molecular weight is 595 g/mol. The van der Waals surface area contributed by atoms with Crippen LogP contribution in [0.25, 0.3) is 0 Å². The number of rotatable bonds is 9. The van der Waals surface area contributed by atoms with E-state index >= 15 is 4.39 Å². The van der Waals surface area contributed by atoms with Crippen molar-refractivity contribution in [3.63, 3.8) is 0 Å². The molecule has 0 bridgehead atoms. The molecule has 1 saturated carbocycles. The zero-order valence-corrected chi connectivity index (χ0v) is 27.5. The van der Waals surface area contributed by atoms with E-state index in [1.807, 2.05) is 0 Å². The highest BCUT2D eigenvalue weighted by Crippen LogP contribution is 2.38. The van der Waals surface area contributed by atoms with E-state index in [9.17, 15) is 9.59 Å². The van der Waals surface area contributed by atoms with Crippen molar-refractivity contribution in [1.82, 2.24) is 10.2 Å². The van der Waals surface area contributed by atoms with Crippen molar-refractivity contribution in [3.05, 3.63) is 23.5 Å². The maximum atomic E-state index is 15.1. The summed E-state index contributed by atoms with van der Waals surface area (Å²) in [4.78, 5) is 27.0. The van der Waals surface area contributed by atoms with Crippen LogP contribution in [-0.2, 0) is 20.5 Å². The molecule has 1 saturated heterocycles. The molecule has 0 radical (unpaired) electrons. The molecule has 2 aliphatic rings. The Morgan fingerprint density at radius 3 is 2.27 bits per heavy atom. The van der Waals surface area contributed by atoms with E-state index in [1.165, 1.54) is 18.1 Å². The lowest BCUT2D eigenvalue weighted by atomic mass is 9.88. The molecule has 10 heteroatoms. The van der Waals surface area contributed by atoms with Crippen LogP contribution in [0.4, 0.5) is 9.18 Å². The van der Waals surface area contributed by atoms with E-state index in [2.05, 4.69) is 39.2 Å². The van der Waals surface area contributed by atoms with E-state index in [4.69, 9.17) is 18.6 Å². The summed E-state index contributed by atoms with van der Waals surface area (Å²) in [6.07, 6.45) is 4.37. The van der Waals surface area contributed by atoms with Gasteiger partial charge < -0.3 is 24.0 Å². The normalized spacial score (nSPS) is 21.9. The monoisotopic (exact) mass is 594 g/mol. The molecule has 1 N–H and O–H groups in total. The molecule has 8 nitrogen and oxygen atoms in total. The lowest BCUT2D eigenvalue weighted by Gasteiger charge is -2.38. The molecule has 3 rings (SSSR count). The molecular formula is C31H51FN2O6Si. The second-order valence-electron chi connectivity index (χ2n) is 14.0. The second-order valence-corrected chi connectivity index (χ2v) is 18.8. The first kappa shape index (κ1) is 33.2. The summed E-state index contributed by atoms with van der Waals surface area (Å²) >= 11 is 0. The van der Waals surface area contributed by atoms with Gasteiger partial charge in [0.05, 0.1) is 13.2 Å². The predicted molar refractivity (Wildman–Crippen MR) is 160 cm³/mol. The van der Waals surface area contributed by atoms with Crippen LogP contribution in [0.3, 0.4) is 0 Å². The molecule has 1 heterocycles. The Balaban J connectivity index is 1.54. The molecule has 1 aromatic rings. The Hall–Kier alpha value is -2.33. The molecule has 41 heavy (non-hydrogen) atoms. The zero-order valence-electron chi connectivity index (χ0n) is 26.5. The highest BCUT2D eigenvalue weighted by atomic mass is 28.4. The van der Waals surface area contributed by atoms with Gasteiger partial charge in [-0.2, -0.15) is 0 Å². The molecule has 2 amide bonds. The van der Waals surface area contributed by atoms with Gasteiger partial charge in [-0.05, 0) is 89.4 Å². The number of hydrogen-bond donors (Lipinski definition) is 1. The van der Waals surface area contributed by atoms with E-state index in [-0.39, 0.29) is 29.3 Å². The fraction of sp³-hybridized carbons (Fsp3) is 0.742. The van der Waals surface area contributed by atoms with Crippen molar-refractivity contribution in [2.24, 2.45) is 5.92 Å². The molecule has 2 fully saturated rings. The number of nitrogens with one attached hydrogen (secondary N) is 1. The summed E-state index contributed by atoms with van der Waals surface area (Å²) < 4.78 is 38.6. The Kier molecular flexibility index (Phi) is 10.8. The number of amides is 2. The summed E-state index contributed by atoms with van der Waals surface area (Å²) in [5.41, 5.74) is -0.146. The van der Waals surface area contributed by atoms with Gasteiger partial charge >= 0.3 is 6.09 Å². The molecule has 1 aliphatic heterocycles. The lowest BCUT2D eigenvalue weighted by molar-refractivity contribution is -0.125. The van der Waals surface area contributed by atoms with Crippen LogP contribution < -0.4 is 14.8 Å². The molecule has 1 aromatic carbocycles. The minimum absolute atomic E-state index is 0.0647. The van der Waals surface area contributed by atoms with Gasteiger partial charge in [0.25, 0.3) is 0 Å². The number of ether oxygens (including phenoxy) is 3. The number of likely N-dealkylation sites (tertiary alicyclic amines) is 1. The Bertz CT molecular complexity index is 1060. The fourth-order valence-corrected chi connectivity index (χ4v) is 6.10. The largest absolute Gasteiger partial charge is 0.496 e. The van der Waals surface area contributed by atoms with Crippen LogP contribution in [0.5, 0.6) is 11.5 Å². The number of halogens is 1. The van der Waals surface area contributed by atoms with Crippen molar-refractivity contribution in [2.45, 2.75) is 122 Å². The van der Waals surface area contributed by atoms with E-state index < -0.39 is 31.9 Å². The highest BCUT2D eigenvalue weighted by Gasteiger charge is 2.38. The number of carbonyl (C=O) groups is 2. The van der Waals surface area contributed by atoms with Gasteiger partial charge in [-0.3, -0.25) is 9.69 Å². The Labute approximate surface area is 246 Å². The molecule has 0 spiro atoms. The SMILES string of the molecule is COc1cc(OC2CCC(CO[Si](C)(C)C(C)(C)C)CC2)c(F)cc1CNC(=O)[C@@H]1CCCN1C(=O)OC(C)(C)C. The maximum Gasteiger partial charge on any atom is 0.410 e. The first-order valence-electron chi connectivity index (χ1n) is 14.9. The Morgan fingerprint density at radius 1 is 1.02 bits per heavy atom. The maximum absolute atomic E-state index is 15.1. The number of nitrogens with zero attached hydrogens (tertiary/aromatic N) is 1. The third-order valence-electron chi connectivity index (χ3n) is 8.54. The van der Waals surface area contributed by atoms with Gasteiger partial charge in [-0.15, -0.1) is 0 Å². The van der Waals surface area contributed by atoms with Crippen molar-refractivity contribution >= 4 is 20.3 Å². The molecule has 0 unspecified atom stereocenters. The van der Waals surface area contributed by atoms with Gasteiger partial charge in [-0.1, -0.05) is 20.8 Å². The standard InChI is InChI=1S/C31H51FN2O6Si/c1-30(2,3)40-29(36)34-16-10-11-25(34)28(35)33-19-22-17-24(32)27(18-26(22)37-7)39-23-14-12-21(13-15-23)20-38-41(8,9)31(4,5)6/h17-18,21,23,25H,10-16,19-20H2,1-9H3,(H,33,35)/t21?,23?,25-/m0/s1. The van der Waals surface area contributed by atoms with Crippen molar-refractivity contribution < 1.29 is 32.6 Å². The first-order valence-corrected chi connectivity index (χ1v) is 17.9. The number of methoxy groups -OCH3 is 1. The third kappa shape index (κ3) is 9.07. The van der Waals surface area contributed by atoms with E-state index in [0.29, 0.717) is 36.6 Å². The molecular weight excluding hydrogens is 543 g/mol.